The van der Waals surface area contributed by atoms with E-state index in [1.807, 2.05) is 38.1 Å². The van der Waals surface area contributed by atoms with Gasteiger partial charge in [0.05, 0.1) is 18.4 Å². The molecule has 0 saturated carbocycles. The van der Waals surface area contributed by atoms with Crippen molar-refractivity contribution in [3.05, 3.63) is 29.8 Å². The molecule has 0 spiro atoms. The summed E-state index contributed by atoms with van der Waals surface area (Å²) in [5, 5.41) is 0. The predicted octanol–water partition coefficient (Wildman–Crippen LogP) is 2.29. The van der Waals surface area contributed by atoms with Gasteiger partial charge >= 0.3 is 10.2 Å². The molecule has 1 aromatic rings. The Labute approximate surface area is 130 Å². The lowest BCUT2D eigenvalue weighted by molar-refractivity contribution is -0.129. The molecule has 1 amide bonds. The van der Waals surface area contributed by atoms with Crippen molar-refractivity contribution in [3.8, 4) is 5.75 Å². The van der Waals surface area contributed by atoms with Gasteiger partial charge in [-0.3, -0.25) is 4.79 Å². The van der Waals surface area contributed by atoms with Crippen molar-refractivity contribution >= 4 is 16.1 Å². The molecule has 1 saturated heterocycles. The Morgan fingerprint density at radius 2 is 2.09 bits per heavy atom. The number of carbonyl (C=O) groups is 1. The van der Waals surface area contributed by atoms with Crippen LogP contribution in [0.25, 0.3) is 0 Å². The molecule has 2 rings (SSSR count). The highest BCUT2D eigenvalue weighted by atomic mass is 32.3. The molecule has 2 unspecified atom stereocenters. The Kier molecular flexibility index (Phi) is 5.05. The fourth-order valence-corrected chi connectivity index (χ4v) is 3.64. The fourth-order valence-electron chi connectivity index (χ4n) is 2.86. The average molecular weight is 329 g/mol. The summed E-state index contributed by atoms with van der Waals surface area (Å²) in [4.78, 5) is 13.7. The number of ether oxygens (including phenoxy) is 1. The second kappa shape index (κ2) is 6.64. The van der Waals surface area contributed by atoms with Gasteiger partial charge in [-0.1, -0.05) is 18.2 Å². The molecule has 2 atom stereocenters. The molecule has 0 bridgehead atoms. The third-order valence-electron chi connectivity index (χ3n) is 3.81. The van der Waals surface area contributed by atoms with E-state index in [4.69, 9.17) is 4.74 Å². The molecule has 22 heavy (non-hydrogen) atoms. The van der Waals surface area contributed by atoms with Crippen LogP contribution < -0.4 is 4.74 Å². The van der Waals surface area contributed by atoms with E-state index < -0.39 is 21.9 Å². The van der Waals surface area contributed by atoms with E-state index >= 15 is 0 Å². The predicted molar refractivity (Wildman–Crippen MR) is 80.7 cm³/mol. The highest BCUT2D eigenvalue weighted by Crippen LogP contribution is 2.33. The van der Waals surface area contributed by atoms with Gasteiger partial charge in [0.25, 0.3) is 0 Å². The minimum atomic E-state index is -4.57. The van der Waals surface area contributed by atoms with Crippen LogP contribution in [0.15, 0.2) is 24.3 Å². The van der Waals surface area contributed by atoms with Crippen LogP contribution in [-0.2, 0) is 15.0 Å². The molecular formula is C15H20FNO4S. The number of benzene rings is 1. The van der Waals surface area contributed by atoms with Crippen molar-refractivity contribution in [1.82, 2.24) is 4.90 Å². The third kappa shape index (κ3) is 3.97. The Morgan fingerprint density at radius 3 is 2.73 bits per heavy atom. The lowest BCUT2D eigenvalue weighted by Crippen LogP contribution is -2.29. The summed E-state index contributed by atoms with van der Waals surface area (Å²) >= 11 is 0. The quantitative estimate of drug-likeness (QED) is 0.751. The van der Waals surface area contributed by atoms with Crippen molar-refractivity contribution in [2.45, 2.75) is 26.3 Å². The van der Waals surface area contributed by atoms with Crippen LogP contribution in [-0.4, -0.2) is 38.1 Å². The molecule has 0 aliphatic carbocycles. The zero-order valence-electron chi connectivity index (χ0n) is 12.7. The second-order valence-electron chi connectivity index (χ2n) is 5.47. The highest BCUT2D eigenvalue weighted by Gasteiger charge is 2.36. The maximum absolute atomic E-state index is 12.8. The second-order valence-corrected chi connectivity index (χ2v) is 6.88. The van der Waals surface area contributed by atoms with Gasteiger partial charge in [0.1, 0.15) is 5.75 Å². The van der Waals surface area contributed by atoms with Gasteiger partial charge < -0.3 is 9.64 Å². The number of halogens is 1. The number of hydrogen-bond acceptors (Lipinski definition) is 4. The average Bonchev–Trinajstić information content (AvgIpc) is 2.77. The number of hydrogen-bond donors (Lipinski definition) is 0. The molecule has 5 nitrogen and oxygen atoms in total. The van der Waals surface area contributed by atoms with Crippen molar-refractivity contribution in [2.75, 3.05) is 18.9 Å². The maximum Gasteiger partial charge on any atom is 0.302 e. The smallest absolute Gasteiger partial charge is 0.302 e. The van der Waals surface area contributed by atoms with Crippen molar-refractivity contribution in [3.63, 3.8) is 0 Å². The number of rotatable bonds is 6. The zero-order valence-corrected chi connectivity index (χ0v) is 13.5. The fraction of sp³-hybridized carbons (Fsp3) is 0.533. The lowest BCUT2D eigenvalue weighted by atomic mass is 10.1. The van der Waals surface area contributed by atoms with E-state index in [-0.39, 0.29) is 24.9 Å². The molecule has 122 valence electrons. The first-order valence-corrected chi connectivity index (χ1v) is 8.80. The van der Waals surface area contributed by atoms with Crippen LogP contribution in [0.4, 0.5) is 3.89 Å². The van der Waals surface area contributed by atoms with E-state index in [0.29, 0.717) is 12.4 Å². The minimum Gasteiger partial charge on any atom is -0.494 e. The summed E-state index contributed by atoms with van der Waals surface area (Å²) in [6, 6.07) is 7.17. The van der Waals surface area contributed by atoms with Crippen LogP contribution in [0.5, 0.6) is 5.75 Å². The van der Waals surface area contributed by atoms with E-state index in [1.165, 1.54) is 0 Å². The van der Waals surface area contributed by atoms with Gasteiger partial charge in [-0.15, -0.1) is 3.89 Å². The molecular weight excluding hydrogens is 309 g/mol. The molecule has 0 radical (unpaired) electrons. The minimum absolute atomic E-state index is 0.0598. The molecule has 7 heteroatoms. The van der Waals surface area contributed by atoms with Gasteiger partial charge in [-0.25, -0.2) is 0 Å². The van der Waals surface area contributed by atoms with Gasteiger partial charge in [-0.05, 0) is 19.9 Å². The van der Waals surface area contributed by atoms with Crippen molar-refractivity contribution in [2.24, 2.45) is 5.92 Å². The van der Waals surface area contributed by atoms with E-state index in [0.717, 1.165) is 5.56 Å². The van der Waals surface area contributed by atoms with Crippen molar-refractivity contribution < 1.29 is 21.8 Å². The van der Waals surface area contributed by atoms with Crippen LogP contribution in [0.1, 0.15) is 31.9 Å². The summed E-state index contributed by atoms with van der Waals surface area (Å²) in [6.45, 7) is 4.50. The first-order valence-electron chi connectivity index (χ1n) is 7.25. The van der Waals surface area contributed by atoms with E-state index in [2.05, 4.69) is 0 Å². The molecule has 1 heterocycles. The number of amides is 1. The summed E-state index contributed by atoms with van der Waals surface area (Å²) in [7, 11) is -4.57. The van der Waals surface area contributed by atoms with Gasteiger partial charge in [0.2, 0.25) is 5.91 Å². The maximum atomic E-state index is 12.8. The number of carbonyl (C=O) groups excluding carboxylic acids is 1. The molecule has 0 N–H and O–H groups in total. The summed E-state index contributed by atoms with van der Waals surface area (Å²) in [5.41, 5.74) is 0.862. The monoisotopic (exact) mass is 329 g/mol. The highest BCUT2D eigenvalue weighted by molar-refractivity contribution is 7.86. The number of para-hydroxylation sites is 1. The number of nitrogens with zero attached hydrogens (tertiary/aromatic N) is 1. The standard InChI is InChI=1S/C15H20FNO4S/c1-3-21-14-7-5-4-6-13(14)11(2)17-9-12(8-15(17)18)10-22(16,19)20/h4-7,11-12H,3,8-10H2,1-2H3. The molecule has 0 aromatic heterocycles. The first-order chi connectivity index (χ1) is 10.3. The molecule has 1 fully saturated rings. The summed E-state index contributed by atoms with van der Waals surface area (Å²) in [6.07, 6.45) is 0.0598. The normalized spacial score (nSPS) is 20.2. The Morgan fingerprint density at radius 1 is 1.41 bits per heavy atom. The molecule has 1 aliphatic heterocycles. The van der Waals surface area contributed by atoms with E-state index in [1.54, 1.807) is 4.90 Å². The van der Waals surface area contributed by atoms with Crippen LogP contribution >= 0.6 is 0 Å². The Bertz CT molecular complexity index is 647. The molecule has 1 aromatic carbocycles. The largest absolute Gasteiger partial charge is 0.494 e. The SMILES string of the molecule is CCOc1ccccc1C(C)N1CC(CS(=O)(=O)F)CC1=O. The first kappa shape index (κ1) is 16.7. The van der Waals surface area contributed by atoms with Gasteiger partial charge in [0.15, 0.2) is 0 Å². The van der Waals surface area contributed by atoms with Crippen LogP contribution in [0, 0.1) is 5.92 Å². The van der Waals surface area contributed by atoms with Crippen molar-refractivity contribution in [1.29, 1.82) is 0 Å². The zero-order chi connectivity index (χ0) is 16.3. The lowest BCUT2D eigenvalue weighted by Gasteiger charge is -2.26. The number of likely N-dealkylation sites (tertiary alicyclic amines) is 1. The van der Waals surface area contributed by atoms with Crippen LogP contribution in [0.2, 0.25) is 0 Å². The van der Waals surface area contributed by atoms with E-state index in [9.17, 15) is 17.1 Å². The summed E-state index contributed by atoms with van der Waals surface area (Å²) < 4.78 is 39.9. The van der Waals surface area contributed by atoms with Gasteiger partial charge in [0, 0.05) is 24.4 Å². The van der Waals surface area contributed by atoms with Crippen LogP contribution in [0.3, 0.4) is 0 Å². The third-order valence-corrected chi connectivity index (χ3v) is 4.68. The molecule has 1 aliphatic rings. The van der Waals surface area contributed by atoms with Gasteiger partial charge in [-0.2, -0.15) is 8.42 Å². The Hall–Kier alpha value is -1.63. The Balaban J connectivity index is 2.16. The summed E-state index contributed by atoms with van der Waals surface area (Å²) in [5.74, 6) is -0.557. The topological polar surface area (TPSA) is 63.7 Å².